The summed E-state index contributed by atoms with van der Waals surface area (Å²) in [5.41, 5.74) is 1.93. The van der Waals surface area contributed by atoms with E-state index in [1.54, 1.807) is 0 Å². The lowest BCUT2D eigenvalue weighted by Gasteiger charge is -2.38. The number of carbonyl (C=O) groups is 1. The van der Waals surface area contributed by atoms with Crippen LogP contribution in [0.4, 0.5) is 0 Å². The van der Waals surface area contributed by atoms with Gasteiger partial charge >= 0.3 is 5.97 Å². The number of cyclic esters (lactones) is 1. The van der Waals surface area contributed by atoms with Gasteiger partial charge in [0.15, 0.2) is 5.60 Å². The number of hydrogen-bond donors (Lipinski definition) is 1. The summed E-state index contributed by atoms with van der Waals surface area (Å²) in [4.78, 5) is 13.3. The lowest BCUT2D eigenvalue weighted by atomic mass is 9.80. The van der Waals surface area contributed by atoms with Crippen LogP contribution in [0.2, 0.25) is 0 Å². The Labute approximate surface area is 181 Å². The molecule has 1 N–H and O–H groups in total. The van der Waals surface area contributed by atoms with Crippen LogP contribution in [0.3, 0.4) is 0 Å². The number of aliphatic hydroxyl groups is 1. The van der Waals surface area contributed by atoms with Crippen molar-refractivity contribution in [1.29, 1.82) is 0 Å². The number of hydrogen-bond acceptors (Lipinski definition) is 3. The van der Waals surface area contributed by atoms with Gasteiger partial charge in [-0.1, -0.05) is 103 Å². The number of esters is 1. The van der Waals surface area contributed by atoms with Crippen molar-refractivity contribution in [3.8, 4) is 0 Å². The standard InChI is InChI=1S/C28H22O3/c29-26-19-28(22-13-3-1-4-14-22,23-15-5-2-6-16-23)31-27(30)25(26)18-21-12-9-11-20-10-7-8-17-24(20)21/h1-17,29H,18-19H2. The average Bonchev–Trinajstić information content (AvgIpc) is 2.82. The molecule has 1 heterocycles. The Morgan fingerprint density at radius 1 is 0.742 bits per heavy atom. The highest BCUT2D eigenvalue weighted by Gasteiger charge is 2.44. The van der Waals surface area contributed by atoms with Crippen molar-refractivity contribution in [1.82, 2.24) is 0 Å². The summed E-state index contributed by atoms with van der Waals surface area (Å²) >= 11 is 0. The number of rotatable bonds is 4. The van der Waals surface area contributed by atoms with E-state index in [1.165, 1.54) is 0 Å². The molecule has 152 valence electrons. The van der Waals surface area contributed by atoms with E-state index in [4.69, 9.17) is 4.74 Å². The number of fused-ring (bicyclic) bond motifs is 1. The van der Waals surface area contributed by atoms with Crippen molar-refractivity contribution in [3.05, 3.63) is 131 Å². The SMILES string of the molecule is O=C1OC(c2ccccc2)(c2ccccc2)CC(O)=C1Cc1cccc2ccccc12. The molecule has 0 atom stereocenters. The lowest BCUT2D eigenvalue weighted by Crippen LogP contribution is -2.39. The Balaban J connectivity index is 1.59. The zero-order valence-corrected chi connectivity index (χ0v) is 17.0. The third-order valence-electron chi connectivity index (χ3n) is 6.01. The molecule has 0 radical (unpaired) electrons. The van der Waals surface area contributed by atoms with Crippen molar-refractivity contribution in [2.45, 2.75) is 18.4 Å². The summed E-state index contributed by atoms with van der Waals surface area (Å²) < 4.78 is 6.16. The second-order valence-corrected chi connectivity index (χ2v) is 7.87. The van der Waals surface area contributed by atoms with E-state index >= 15 is 0 Å². The molecule has 4 aromatic rings. The van der Waals surface area contributed by atoms with Gasteiger partial charge in [0.25, 0.3) is 0 Å². The van der Waals surface area contributed by atoms with Gasteiger partial charge < -0.3 is 9.84 Å². The van der Waals surface area contributed by atoms with Crippen LogP contribution >= 0.6 is 0 Å². The predicted molar refractivity (Wildman–Crippen MR) is 122 cm³/mol. The normalized spacial score (nSPS) is 15.7. The van der Waals surface area contributed by atoms with E-state index in [1.807, 2.05) is 103 Å². The Hall–Kier alpha value is -3.85. The maximum Gasteiger partial charge on any atom is 0.339 e. The number of carbonyl (C=O) groups excluding carboxylic acids is 1. The van der Waals surface area contributed by atoms with Crippen LogP contribution in [0, 0.1) is 0 Å². The fraction of sp³-hybridized carbons (Fsp3) is 0.107. The van der Waals surface area contributed by atoms with Crippen molar-refractivity contribution in [2.24, 2.45) is 0 Å². The van der Waals surface area contributed by atoms with Gasteiger partial charge in [-0.2, -0.15) is 0 Å². The molecule has 3 nitrogen and oxygen atoms in total. The van der Waals surface area contributed by atoms with Crippen molar-refractivity contribution in [2.75, 3.05) is 0 Å². The molecule has 1 aliphatic rings. The summed E-state index contributed by atoms with van der Waals surface area (Å²) in [5, 5.41) is 13.3. The third-order valence-corrected chi connectivity index (χ3v) is 6.01. The fourth-order valence-electron chi connectivity index (χ4n) is 4.43. The van der Waals surface area contributed by atoms with E-state index in [-0.39, 0.29) is 12.2 Å². The fourth-order valence-corrected chi connectivity index (χ4v) is 4.43. The third kappa shape index (κ3) is 3.38. The van der Waals surface area contributed by atoms with E-state index in [0.29, 0.717) is 12.0 Å². The minimum absolute atomic E-state index is 0.0805. The summed E-state index contributed by atoms with van der Waals surface area (Å²) in [5.74, 6) is -0.402. The number of benzene rings is 4. The molecule has 1 aliphatic heterocycles. The Morgan fingerprint density at radius 2 is 1.32 bits per heavy atom. The maximum absolute atomic E-state index is 13.3. The summed E-state index contributed by atoms with van der Waals surface area (Å²) in [6.45, 7) is 0. The molecule has 4 aromatic carbocycles. The topological polar surface area (TPSA) is 46.5 Å². The van der Waals surface area contributed by atoms with Crippen LogP contribution in [0.15, 0.2) is 114 Å². The van der Waals surface area contributed by atoms with Crippen LogP contribution in [-0.2, 0) is 21.6 Å². The molecule has 0 saturated heterocycles. The van der Waals surface area contributed by atoms with Gasteiger partial charge in [0.2, 0.25) is 0 Å². The van der Waals surface area contributed by atoms with Gasteiger partial charge in [0.05, 0.1) is 12.0 Å². The van der Waals surface area contributed by atoms with Crippen molar-refractivity contribution >= 4 is 16.7 Å². The summed E-state index contributed by atoms with van der Waals surface area (Å²) in [6, 6.07) is 33.3. The first-order valence-corrected chi connectivity index (χ1v) is 10.4. The first kappa shape index (κ1) is 19.1. The zero-order chi connectivity index (χ0) is 21.3. The Kier molecular flexibility index (Phi) is 4.79. The smallest absolute Gasteiger partial charge is 0.339 e. The van der Waals surface area contributed by atoms with Crippen LogP contribution in [0.5, 0.6) is 0 Å². The van der Waals surface area contributed by atoms with Gasteiger partial charge in [-0.3, -0.25) is 0 Å². The highest BCUT2D eigenvalue weighted by atomic mass is 16.6. The first-order chi connectivity index (χ1) is 15.2. The Morgan fingerprint density at radius 3 is 1.97 bits per heavy atom. The summed E-state index contributed by atoms with van der Waals surface area (Å²) in [7, 11) is 0. The molecule has 0 aliphatic carbocycles. The van der Waals surface area contributed by atoms with Gasteiger partial charge in [0, 0.05) is 17.5 Å². The van der Waals surface area contributed by atoms with Crippen LogP contribution in [-0.4, -0.2) is 11.1 Å². The molecule has 0 aromatic heterocycles. The van der Waals surface area contributed by atoms with Gasteiger partial charge in [0.1, 0.15) is 5.76 Å². The largest absolute Gasteiger partial charge is 0.512 e. The van der Waals surface area contributed by atoms with Gasteiger partial charge in [-0.15, -0.1) is 0 Å². The molecule has 0 fully saturated rings. The average molecular weight is 406 g/mol. The molecule has 3 heteroatoms. The molecular formula is C28H22O3. The summed E-state index contributed by atoms with van der Waals surface area (Å²) in [6.07, 6.45) is 0.526. The quantitative estimate of drug-likeness (QED) is 0.418. The molecule has 31 heavy (non-hydrogen) atoms. The maximum atomic E-state index is 13.3. The molecule has 5 rings (SSSR count). The monoisotopic (exact) mass is 406 g/mol. The molecule has 0 spiro atoms. The molecule has 0 unspecified atom stereocenters. The predicted octanol–water partition coefficient (Wildman–Crippen LogP) is 6.09. The highest BCUT2D eigenvalue weighted by Crippen LogP contribution is 2.43. The Bertz CT molecular complexity index is 1230. The second-order valence-electron chi connectivity index (χ2n) is 7.87. The molecule has 0 saturated carbocycles. The van der Waals surface area contributed by atoms with Crippen LogP contribution in [0.25, 0.3) is 10.8 Å². The molecule has 0 bridgehead atoms. The van der Waals surface area contributed by atoms with Crippen molar-refractivity contribution in [3.63, 3.8) is 0 Å². The van der Waals surface area contributed by atoms with Gasteiger partial charge in [-0.05, 0) is 16.3 Å². The van der Waals surface area contributed by atoms with E-state index in [2.05, 4.69) is 0 Å². The minimum Gasteiger partial charge on any atom is -0.512 e. The lowest BCUT2D eigenvalue weighted by molar-refractivity contribution is -0.155. The van der Waals surface area contributed by atoms with E-state index < -0.39 is 11.6 Å². The van der Waals surface area contributed by atoms with E-state index in [9.17, 15) is 9.90 Å². The molecule has 0 amide bonds. The zero-order valence-electron chi connectivity index (χ0n) is 17.0. The van der Waals surface area contributed by atoms with Crippen LogP contribution in [0.1, 0.15) is 23.1 Å². The number of ether oxygens (including phenoxy) is 1. The van der Waals surface area contributed by atoms with Gasteiger partial charge in [-0.25, -0.2) is 4.79 Å². The van der Waals surface area contributed by atoms with Crippen LogP contribution < -0.4 is 0 Å². The minimum atomic E-state index is -1.05. The second kappa shape index (κ2) is 7.77. The number of aliphatic hydroxyl groups excluding tert-OH is 1. The van der Waals surface area contributed by atoms with E-state index in [0.717, 1.165) is 27.5 Å². The van der Waals surface area contributed by atoms with Crippen molar-refractivity contribution < 1.29 is 14.6 Å². The first-order valence-electron chi connectivity index (χ1n) is 10.4. The molecular weight excluding hydrogens is 384 g/mol. The highest BCUT2D eigenvalue weighted by molar-refractivity contribution is 5.93.